The number of nitrogens with two attached hydrogens (primary N) is 1. The van der Waals surface area contributed by atoms with Gasteiger partial charge in [-0.05, 0) is 30.7 Å². The van der Waals surface area contributed by atoms with Crippen molar-refractivity contribution in [2.75, 3.05) is 14.2 Å². The van der Waals surface area contributed by atoms with Crippen LogP contribution >= 0.6 is 0 Å². The maximum absolute atomic E-state index is 5.76. The molecule has 0 aliphatic heterocycles. The monoisotopic (exact) mass is 277 g/mol. The molecule has 2 N–H and O–H groups in total. The zero-order valence-corrected chi connectivity index (χ0v) is 11.9. The fourth-order valence-electron chi connectivity index (χ4n) is 1.97. The first-order chi connectivity index (χ1) is 9.69. The van der Waals surface area contributed by atoms with Crippen molar-refractivity contribution in [3.8, 4) is 17.2 Å². The molecule has 0 radical (unpaired) electrons. The third-order valence-corrected chi connectivity index (χ3v) is 3.00. The van der Waals surface area contributed by atoms with E-state index in [9.17, 15) is 0 Å². The average Bonchev–Trinajstić information content (AvgIpc) is 2.84. The van der Waals surface area contributed by atoms with Crippen molar-refractivity contribution in [1.29, 1.82) is 0 Å². The van der Waals surface area contributed by atoms with Crippen molar-refractivity contribution in [1.82, 2.24) is 0 Å². The third kappa shape index (κ3) is 2.88. The van der Waals surface area contributed by atoms with Gasteiger partial charge in [-0.1, -0.05) is 6.07 Å². The van der Waals surface area contributed by atoms with Crippen molar-refractivity contribution in [3.05, 3.63) is 41.3 Å². The first kappa shape index (κ1) is 14.3. The van der Waals surface area contributed by atoms with E-state index in [1.165, 1.54) is 0 Å². The van der Waals surface area contributed by atoms with Gasteiger partial charge in [-0.15, -0.1) is 0 Å². The van der Waals surface area contributed by atoms with E-state index in [0.717, 1.165) is 17.1 Å². The van der Waals surface area contributed by atoms with Crippen LogP contribution < -0.4 is 19.9 Å². The summed E-state index contributed by atoms with van der Waals surface area (Å²) in [6, 6.07) is 7.39. The Morgan fingerprint density at radius 3 is 2.30 bits per heavy atom. The molecular formula is C15H19NO4. The van der Waals surface area contributed by atoms with Gasteiger partial charge in [0.1, 0.15) is 18.1 Å². The van der Waals surface area contributed by atoms with Gasteiger partial charge in [-0.2, -0.15) is 0 Å². The van der Waals surface area contributed by atoms with Crippen LogP contribution in [0.5, 0.6) is 17.2 Å². The summed E-state index contributed by atoms with van der Waals surface area (Å²) >= 11 is 0. The maximum atomic E-state index is 5.76. The molecule has 108 valence electrons. The van der Waals surface area contributed by atoms with Crippen LogP contribution in [0.3, 0.4) is 0 Å². The molecule has 0 aliphatic carbocycles. The Hall–Kier alpha value is -2.14. The quantitative estimate of drug-likeness (QED) is 0.879. The summed E-state index contributed by atoms with van der Waals surface area (Å²) in [4.78, 5) is 0. The van der Waals surface area contributed by atoms with E-state index in [1.54, 1.807) is 14.2 Å². The van der Waals surface area contributed by atoms with Gasteiger partial charge in [-0.3, -0.25) is 0 Å². The number of aryl methyl sites for hydroxylation is 1. The second-order valence-corrected chi connectivity index (χ2v) is 4.30. The Morgan fingerprint density at radius 1 is 1.15 bits per heavy atom. The Balaban J connectivity index is 2.17. The third-order valence-electron chi connectivity index (χ3n) is 3.00. The van der Waals surface area contributed by atoms with Gasteiger partial charge < -0.3 is 24.4 Å². The summed E-state index contributed by atoms with van der Waals surface area (Å²) in [5.41, 5.74) is 6.61. The van der Waals surface area contributed by atoms with E-state index in [-0.39, 0.29) is 6.61 Å². The van der Waals surface area contributed by atoms with Crippen LogP contribution in [0.2, 0.25) is 0 Å². The minimum absolute atomic E-state index is 0.289. The first-order valence-electron chi connectivity index (χ1n) is 6.31. The highest BCUT2D eigenvalue weighted by molar-refractivity contribution is 5.51. The van der Waals surface area contributed by atoms with Crippen LogP contribution in [0, 0.1) is 6.92 Å². The first-order valence-corrected chi connectivity index (χ1v) is 6.31. The average molecular weight is 277 g/mol. The summed E-state index contributed by atoms with van der Waals surface area (Å²) in [5, 5.41) is 0. The molecule has 1 aromatic heterocycles. The van der Waals surface area contributed by atoms with Crippen LogP contribution in [0.25, 0.3) is 0 Å². The van der Waals surface area contributed by atoms with Crippen molar-refractivity contribution in [3.63, 3.8) is 0 Å². The zero-order chi connectivity index (χ0) is 14.5. The van der Waals surface area contributed by atoms with Gasteiger partial charge in [0.05, 0.1) is 20.8 Å². The predicted octanol–water partition coefficient (Wildman–Crippen LogP) is 2.64. The molecule has 5 nitrogen and oxygen atoms in total. The van der Waals surface area contributed by atoms with E-state index in [4.69, 9.17) is 24.4 Å². The number of hydrogen-bond donors (Lipinski definition) is 1. The number of benzene rings is 1. The van der Waals surface area contributed by atoms with Gasteiger partial charge in [0.15, 0.2) is 11.5 Å². The Bertz CT molecular complexity index is 555. The smallest absolute Gasteiger partial charge is 0.203 e. The molecular weight excluding hydrogens is 258 g/mol. The van der Waals surface area contributed by atoms with Gasteiger partial charge in [0.25, 0.3) is 0 Å². The highest BCUT2D eigenvalue weighted by atomic mass is 16.5. The predicted molar refractivity (Wildman–Crippen MR) is 75.2 cm³/mol. The van der Waals surface area contributed by atoms with Gasteiger partial charge in [0.2, 0.25) is 5.75 Å². The molecule has 2 rings (SSSR count). The van der Waals surface area contributed by atoms with Crippen molar-refractivity contribution >= 4 is 0 Å². The maximum Gasteiger partial charge on any atom is 0.203 e. The minimum atomic E-state index is 0.289. The van der Waals surface area contributed by atoms with E-state index in [2.05, 4.69) is 0 Å². The Labute approximate surface area is 118 Å². The summed E-state index contributed by atoms with van der Waals surface area (Å²) in [6.07, 6.45) is 0. The molecule has 0 unspecified atom stereocenters. The van der Waals surface area contributed by atoms with Crippen molar-refractivity contribution in [2.24, 2.45) is 5.73 Å². The SMILES string of the molecule is COc1cccc(OC)c1OCc1cc(C)c(CN)o1. The van der Waals surface area contributed by atoms with E-state index in [1.807, 2.05) is 31.2 Å². The second kappa shape index (κ2) is 6.34. The van der Waals surface area contributed by atoms with Gasteiger partial charge in [0, 0.05) is 0 Å². The van der Waals surface area contributed by atoms with Gasteiger partial charge in [-0.25, -0.2) is 0 Å². The summed E-state index contributed by atoms with van der Waals surface area (Å²) < 4.78 is 21.9. The number of methoxy groups -OCH3 is 2. The number of furan rings is 1. The minimum Gasteiger partial charge on any atom is -0.493 e. The molecule has 0 aliphatic rings. The fourth-order valence-corrected chi connectivity index (χ4v) is 1.97. The Kier molecular flexibility index (Phi) is 4.53. The van der Waals surface area contributed by atoms with Crippen LogP contribution in [-0.4, -0.2) is 14.2 Å². The van der Waals surface area contributed by atoms with Crippen molar-refractivity contribution < 1.29 is 18.6 Å². The number of hydrogen-bond acceptors (Lipinski definition) is 5. The topological polar surface area (TPSA) is 66.8 Å². The highest BCUT2D eigenvalue weighted by Crippen LogP contribution is 2.37. The number of para-hydroxylation sites is 1. The molecule has 0 fully saturated rings. The lowest BCUT2D eigenvalue weighted by molar-refractivity contribution is 0.240. The lowest BCUT2D eigenvalue weighted by atomic mass is 10.2. The standard InChI is InChI=1S/C15H19NO4/c1-10-7-11(20-14(10)8-16)9-19-15-12(17-2)5-4-6-13(15)18-3/h4-7H,8-9,16H2,1-3H3. The normalized spacial score (nSPS) is 10.4. The van der Waals surface area contributed by atoms with Crippen LogP contribution in [0.15, 0.2) is 28.7 Å². The van der Waals surface area contributed by atoms with Crippen molar-refractivity contribution in [2.45, 2.75) is 20.1 Å². The molecule has 1 heterocycles. The second-order valence-electron chi connectivity index (χ2n) is 4.30. The molecule has 0 bridgehead atoms. The Morgan fingerprint density at radius 2 is 1.80 bits per heavy atom. The molecule has 0 spiro atoms. The molecule has 0 atom stereocenters. The lowest BCUT2D eigenvalue weighted by Crippen LogP contribution is -1.99. The fraction of sp³-hybridized carbons (Fsp3) is 0.333. The van der Waals surface area contributed by atoms with Gasteiger partial charge >= 0.3 is 0 Å². The molecule has 0 saturated carbocycles. The molecule has 0 saturated heterocycles. The van der Waals surface area contributed by atoms with Crippen LogP contribution in [0.4, 0.5) is 0 Å². The lowest BCUT2D eigenvalue weighted by Gasteiger charge is -2.13. The molecule has 0 amide bonds. The van der Waals surface area contributed by atoms with E-state index >= 15 is 0 Å². The summed E-state index contributed by atoms with van der Waals surface area (Å²) in [6.45, 7) is 2.63. The van der Waals surface area contributed by atoms with E-state index in [0.29, 0.717) is 23.8 Å². The largest absolute Gasteiger partial charge is 0.493 e. The summed E-state index contributed by atoms with van der Waals surface area (Å²) in [5.74, 6) is 3.28. The molecule has 5 heteroatoms. The molecule has 20 heavy (non-hydrogen) atoms. The van der Waals surface area contributed by atoms with E-state index < -0.39 is 0 Å². The zero-order valence-electron chi connectivity index (χ0n) is 11.9. The molecule has 1 aromatic carbocycles. The van der Waals surface area contributed by atoms with Crippen LogP contribution in [0.1, 0.15) is 17.1 Å². The molecule has 2 aromatic rings. The highest BCUT2D eigenvalue weighted by Gasteiger charge is 2.13. The number of ether oxygens (including phenoxy) is 3. The number of rotatable bonds is 6. The summed E-state index contributed by atoms with van der Waals surface area (Å²) in [7, 11) is 3.18. The van der Waals surface area contributed by atoms with Crippen LogP contribution in [-0.2, 0) is 13.2 Å².